The summed E-state index contributed by atoms with van der Waals surface area (Å²) in [4.78, 5) is 37.8. The van der Waals surface area contributed by atoms with Crippen LogP contribution in [0.15, 0.2) is 57.9 Å². The number of imide groups is 1. The van der Waals surface area contributed by atoms with Gasteiger partial charge in [0.2, 0.25) is 11.8 Å². The van der Waals surface area contributed by atoms with E-state index in [0.29, 0.717) is 10.6 Å². The Kier molecular flexibility index (Phi) is 4.73. The average molecular weight is 406 g/mol. The van der Waals surface area contributed by atoms with Crippen LogP contribution in [0.25, 0.3) is 0 Å². The first-order valence-electron chi connectivity index (χ1n) is 7.08. The Hall–Kier alpha value is -2.12. The molecule has 0 spiro atoms. The number of benzene rings is 2. The molecule has 1 N–H and O–H groups in total. The molecule has 2 amide bonds. The molecule has 2 aromatic carbocycles. The van der Waals surface area contributed by atoms with Gasteiger partial charge in [-0.2, -0.15) is 0 Å². The van der Waals surface area contributed by atoms with Crippen molar-refractivity contribution in [1.82, 2.24) is 0 Å². The van der Waals surface area contributed by atoms with E-state index in [4.69, 9.17) is 0 Å². The van der Waals surface area contributed by atoms with Crippen LogP contribution in [-0.2, 0) is 9.59 Å². The first-order chi connectivity index (χ1) is 11.5. The zero-order chi connectivity index (χ0) is 17.3. The Morgan fingerprint density at radius 3 is 2.62 bits per heavy atom. The summed E-state index contributed by atoms with van der Waals surface area (Å²) in [5.74, 6) is -1.68. The molecule has 1 atom stereocenters. The maximum absolute atomic E-state index is 12.6. The standard InChI is InChI=1S/C17H12BrNO4S/c18-10-4-3-5-11(8-10)19-15(20)9-14(16(19)21)24-13-7-2-1-6-12(13)17(22)23/h1-8,14H,9H2,(H,22,23). The fourth-order valence-electron chi connectivity index (χ4n) is 2.48. The normalized spacial score (nSPS) is 17.4. The lowest BCUT2D eigenvalue weighted by Gasteiger charge is -2.15. The third-order valence-corrected chi connectivity index (χ3v) is 5.31. The van der Waals surface area contributed by atoms with Crippen LogP contribution in [0.3, 0.4) is 0 Å². The predicted octanol–water partition coefficient (Wildman–Crippen LogP) is 3.57. The molecule has 0 bridgehead atoms. The summed E-state index contributed by atoms with van der Waals surface area (Å²) >= 11 is 4.44. The van der Waals surface area contributed by atoms with Gasteiger partial charge in [-0.05, 0) is 30.3 Å². The molecular weight excluding hydrogens is 394 g/mol. The topological polar surface area (TPSA) is 74.7 Å². The maximum Gasteiger partial charge on any atom is 0.336 e. The van der Waals surface area contributed by atoms with Gasteiger partial charge in [-0.3, -0.25) is 9.59 Å². The number of rotatable bonds is 4. The zero-order valence-corrected chi connectivity index (χ0v) is 14.7. The molecule has 5 nitrogen and oxygen atoms in total. The number of hydrogen-bond acceptors (Lipinski definition) is 4. The van der Waals surface area contributed by atoms with Crippen molar-refractivity contribution in [3.8, 4) is 0 Å². The lowest BCUT2D eigenvalue weighted by molar-refractivity contribution is -0.121. The fourth-order valence-corrected chi connectivity index (χ4v) is 4.05. The summed E-state index contributed by atoms with van der Waals surface area (Å²) in [6, 6.07) is 13.4. The zero-order valence-electron chi connectivity index (χ0n) is 12.3. The lowest BCUT2D eigenvalue weighted by atomic mass is 10.2. The summed E-state index contributed by atoms with van der Waals surface area (Å²) in [7, 11) is 0. The number of carboxylic acid groups (broad SMARTS) is 1. The van der Waals surface area contributed by atoms with Crippen LogP contribution >= 0.6 is 27.7 Å². The number of amides is 2. The Morgan fingerprint density at radius 2 is 1.92 bits per heavy atom. The van der Waals surface area contributed by atoms with Gasteiger partial charge in [0.25, 0.3) is 0 Å². The SMILES string of the molecule is O=C(O)c1ccccc1SC1CC(=O)N(c2cccc(Br)c2)C1=O. The molecule has 3 rings (SSSR count). The molecule has 122 valence electrons. The molecule has 1 aliphatic heterocycles. The van der Waals surface area contributed by atoms with Crippen LogP contribution in [0.5, 0.6) is 0 Å². The minimum atomic E-state index is -1.06. The van der Waals surface area contributed by atoms with Gasteiger partial charge >= 0.3 is 5.97 Å². The van der Waals surface area contributed by atoms with Crippen LogP contribution in [0.4, 0.5) is 5.69 Å². The van der Waals surface area contributed by atoms with Crippen molar-refractivity contribution in [2.45, 2.75) is 16.6 Å². The first kappa shape index (κ1) is 16.7. The number of thioether (sulfide) groups is 1. The van der Waals surface area contributed by atoms with E-state index in [2.05, 4.69) is 15.9 Å². The van der Waals surface area contributed by atoms with Gasteiger partial charge in [-0.15, -0.1) is 11.8 Å². The lowest BCUT2D eigenvalue weighted by Crippen LogP contribution is -2.31. The number of anilines is 1. The molecule has 0 saturated carbocycles. The van der Waals surface area contributed by atoms with Crippen molar-refractivity contribution in [3.63, 3.8) is 0 Å². The molecule has 1 aliphatic rings. The molecule has 1 heterocycles. The summed E-state index contributed by atoms with van der Waals surface area (Å²) in [5, 5.41) is 8.61. The number of hydrogen-bond donors (Lipinski definition) is 1. The van der Waals surface area contributed by atoms with Crippen molar-refractivity contribution in [2.24, 2.45) is 0 Å². The van der Waals surface area contributed by atoms with E-state index in [0.717, 1.165) is 21.1 Å². The molecule has 1 unspecified atom stereocenters. The van der Waals surface area contributed by atoms with Gasteiger partial charge < -0.3 is 5.11 Å². The van der Waals surface area contributed by atoms with Crippen molar-refractivity contribution < 1.29 is 19.5 Å². The fraction of sp³-hybridized carbons (Fsp3) is 0.118. The van der Waals surface area contributed by atoms with E-state index in [9.17, 15) is 19.5 Å². The van der Waals surface area contributed by atoms with E-state index in [1.807, 2.05) is 6.07 Å². The maximum atomic E-state index is 12.6. The Morgan fingerprint density at radius 1 is 1.17 bits per heavy atom. The molecule has 0 radical (unpaired) electrons. The number of carbonyl (C=O) groups excluding carboxylic acids is 2. The molecular formula is C17H12BrNO4S. The highest BCUT2D eigenvalue weighted by atomic mass is 79.9. The highest BCUT2D eigenvalue weighted by Gasteiger charge is 2.40. The van der Waals surface area contributed by atoms with Gasteiger partial charge in [0.15, 0.2) is 0 Å². The summed E-state index contributed by atoms with van der Waals surface area (Å²) in [6.45, 7) is 0. The second kappa shape index (κ2) is 6.78. The number of carboxylic acids is 1. The van der Waals surface area contributed by atoms with Gasteiger partial charge in [0.05, 0.1) is 16.5 Å². The average Bonchev–Trinajstić information content (AvgIpc) is 2.81. The molecule has 1 saturated heterocycles. The summed E-state index contributed by atoms with van der Waals surface area (Å²) < 4.78 is 0.771. The highest BCUT2D eigenvalue weighted by molar-refractivity contribution is 9.10. The van der Waals surface area contributed by atoms with Crippen LogP contribution in [-0.4, -0.2) is 28.1 Å². The Bertz CT molecular complexity index is 839. The van der Waals surface area contributed by atoms with E-state index in [1.165, 1.54) is 6.07 Å². The number of aromatic carboxylic acids is 1. The van der Waals surface area contributed by atoms with Crippen molar-refractivity contribution >= 4 is 51.2 Å². The third kappa shape index (κ3) is 3.22. The van der Waals surface area contributed by atoms with Gasteiger partial charge in [-0.25, -0.2) is 9.69 Å². The van der Waals surface area contributed by atoms with Gasteiger partial charge in [0, 0.05) is 15.8 Å². The smallest absolute Gasteiger partial charge is 0.336 e. The number of nitrogens with zero attached hydrogens (tertiary/aromatic N) is 1. The van der Waals surface area contributed by atoms with E-state index < -0.39 is 11.2 Å². The van der Waals surface area contributed by atoms with Crippen molar-refractivity contribution in [3.05, 3.63) is 58.6 Å². The van der Waals surface area contributed by atoms with Crippen molar-refractivity contribution in [1.29, 1.82) is 0 Å². The van der Waals surface area contributed by atoms with E-state index in [-0.39, 0.29) is 23.8 Å². The van der Waals surface area contributed by atoms with Crippen LogP contribution in [0, 0.1) is 0 Å². The molecule has 0 aliphatic carbocycles. The quantitative estimate of drug-likeness (QED) is 0.786. The van der Waals surface area contributed by atoms with E-state index >= 15 is 0 Å². The monoisotopic (exact) mass is 405 g/mol. The first-order valence-corrected chi connectivity index (χ1v) is 8.76. The number of halogens is 1. The minimum Gasteiger partial charge on any atom is -0.478 e. The second-order valence-corrected chi connectivity index (χ2v) is 7.32. The molecule has 1 fully saturated rings. The molecule has 7 heteroatoms. The van der Waals surface area contributed by atoms with Crippen molar-refractivity contribution in [2.75, 3.05) is 4.90 Å². The Labute approximate surface area is 150 Å². The third-order valence-electron chi connectivity index (χ3n) is 3.56. The van der Waals surface area contributed by atoms with Crippen LogP contribution < -0.4 is 4.90 Å². The second-order valence-electron chi connectivity index (χ2n) is 5.16. The summed E-state index contributed by atoms with van der Waals surface area (Å²) in [6.07, 6.45) is 0.0456. The molecule has 2 aromatic rings. The minimum absolute atomic E-state index is 0.0456. The largest absolute Gasteiger partial charge is 0.478 e. The number of carbonyl (C=O) groups is 3. The van der Waals surface area contributed by atoms with Gasteiger partial charge in [-0.1, -0.05) is 34.1 Å². The predicted molar refractivity (Wildman–Crippen MR) is 94.3 cm³/mol. The highest BCUT2D eigenvalue weighted by Crippen LogP contribution is 2.36. The van der Waals surface area contributed by atoms with Gasteiger partial charge in [0.1, 0.15) is 0 Å². The van der Waals surface area contributed by atoms with Crippen LogP contribution in [0.1, 0.15) is 16.8 Å². The molecule has 24 heavy (non-hydrogen) atoms. The molecule has 0 aromatic heterocycles. The van der Waals surface area contributed by atoms with Crippen LogP contribution in [0.2, 0.25) is 0 Å². The summed E-state index contributed by atoms with van der Waals surface area (Å²) in [5.41, 5.74) is 0.637. The Balaban J connectivity index is 1.86. The van der Waals surface area contributed by atoms with E-state index in [1.54, 1.807) is 36.4 Å².